The van der Waals surface area contributed by atoms with Crippen LogP contribution in [-0.4, -0.2) is 6.54 Å². The molecular weight excluding hydrogens is 193 g/mol. The second-order valence-corrected chi connectivity index (χ2v) is 2.58. The van der Waals surface area contributed by atoms with E-state index >= 15 is 0 Å². The Labute approximate surface area is 79.0 Å². The summed E-state index contributed by atoms with van der Waals surface area (Å²) in [6.45, 7) is 0.149. The van der Waals surface area contributed by atoms with Gasteiger partial charge in [0.15, 0.2) is 11.6 Å². The fraction of sp³-hybridized carbons (Fsp3) is 0.222. The number of halogens is 3. The zero-order valence-electron chi connectivity index (χ0n) is 7.15. The molecule has 0 fully saturated rings. The second-order valence-electron chi connectivity index (χ2n) is 2.58. The second kappa shape index (κ2) is 4.51. The van der Waals surface area contributed by atoms with Crippen LogP contribution in [0.1, 0.15) is 6.42 Å². The fourth-order valence-corrected chi connectivity index (χ4v) is 0.938. The fourth-order valence-electron chi connectivity index (χ4n) is 0.938. The van der Waals surface area contributed by atoms with Crippen LogP contribution in [0.4, 0.5) is 18.9 Å². The van der Waals surface area contributed by atoms with E-state index in [4.69, 9.17) is 5.26 Å². The minimum absolute atomic E-state index is 0.136. The van der Waals surface area contributed by atoms with Gasteiger partial charge in [0, 0.05) is 18.7 Å². The number of nitrogens with one attached hydrogen (secondary N) is 1. The summed E-state index contributed by atoms with van der Waals surface area (Å²) in [5.74, 6) is -3.24. The minimum Gasteiger partial charge on any atom is -0.381 e. The molecule has 0 saturated heterocycles. The third-order valence-electron chi connectivity index (χ3n) is 1.55. The van der Waals surface area contributed by atoms with Gasteiger partial charge in [0.1, 0.15) is 5.82 Å². The number of nitriles is 1. The van der Waals surface area contributed by atoms with Crippen LogP contribution in [-0.2, 0) is 0 Å². The molecule has 1 aromatic carbocycles. The van der Waals surface area contributed by atoms with Crippen LogP contribution >= 0.6 is 0 Å². The molecule has 0 radical (unpaired) electrons. The highest BCUT2D eigenvalue weighted by molar-refractivity contribution is 5.45. The molecule has 14 heavy (non-hydrogen) atoms. The summed E-state index contributed by atoms with van der Waals surface area (Å²) in [6.07, 6.45) is 0.136. The van der Waals surface area contributed by atoms with Crippen LogP contribution in [0, 0.1) is 28.8 Å². The van der Waals surface area contributed by atoms with Crippen LogP contribution < -0.4 is 5.32 Å². The molecule has 5 heteroatoms. The molecule has 0 spiro atoms. The minimum atomic E-state index is -1.25. The molecule has 0 aliphatic rings. The van der Waals surface area contributed by atoms with Gasteiger partial charge in [0.05, 0.1) is 18.2 Å². The number of nitrogens with zero attached hydrogens (tertiary/aromatic N) is 1. The first-order valence-corrected chi connectivity index (χ1v) is 3.90. The molecule has 2 nitrogen and oxygen atoms in total. The standard InChI is InChI=1S/C9H7F3N2/c10-6-4-7(11)9(12)8(5-6)14-3-1-2-13/h4-5,14H,1,3H2. The summed E-state index contributed by atoms with van der Waals surface area (Å²) in [5.41, 5.74) is -0.266. The third-order valence-corrected chi connectivity index (χ3v) is 1.55. The Morgan fingerprint density at radius 1 is 1.29 bits per heavy atom. The van der Waals surface area contributed by atoms with Crippen molar-refractivity contribution >= 4 is 5.69 Å². The van der Waals surface area contributed by atoms with Gasteiger partial charge < -0.3 is 5.32 Å². The van der Waals surface area contributed by atoms with E-state index in [1.807, 2.05) is 6.07 Å². The van der Waals surface area contributed by atoms with E-state index < -0.39 is 17.5 Å². The summed E-state index contributed by atoms with van der Waals surface area (Å²) in [4.78, 5) is 0. The predicted octanol–water partition coefficient (Wildman–Crippen LogP) is 2.43. The molecule has 0 heterocycles. The van der Waals surface area contributed by atoms with Gasteiger partial charge in [-0.15, -0.1) is 0 Å². The van der Waals surface area contributed by atoms with Crippen LogP contribution in [0.2, 0.25) is 0 Å². The van der Waals surface area contributed by atoms with Crippen molar-refractivity contribution in [3.8, 4) is 6.07 Å². The van der Waals surface area contributed by atoms with Gasteiger partial charge in [0.2, 0.25) is 0 Å². The molecule has 0 aliphatic carbocycles. The van der Waals surface area contributed by atoms with Gasteiger partial charge in [-0.3, -0.25) is 0 Å². The monoisotopic (exact) mass is 200 g/mol. The van der Waals surface area contributed by atoms with Gasteiger partial charge in [-0.05, 0) is 0 Å². The highest BCUT2D eigenvalue weighted by Gasteiger charge is 2.09. The van der Waals surface area contributed by atoms with Gasteiger partial charge in [-0.25, -0.2) is 13.2 Å². The molecule has 0 bridgehead atoms. The number of benzene rings is 1. The first-order valence-electron chi connectivity index (χ1n) is 3.90. The topological polar surface area (TPSA) is 35.8 Å². The van der Waals surface area contributed by atoms with Gasteiger partial charge in [0.25, 0.3) is 0 Å². The highest BCUT2D eigenvalue weighted by Crippen LogP contribution is 2.18. The molecule has 0 aromatic heterocycles. The summed E-state index contributed by atoms with van der Waals surface area (Å²) in [7, 11) is 0. The quantitative estimate of drug-likeness (QED) is 0.600. The molecule has 74 valence electrons. The molecule has 1 aromatic rings. The van der Waals surface area contributed by atoms with E-state index in [0.717, 1.165) is 6.07 Å². The molecule has 1 N–H and O–H groups in total. The summed E-state index contributed by atoms with van der Waals surface area (Å²) < 4.78 is 38.2. The lowest BCUT2D eigenvalue weighted by Crippen LogP contribution is -2.04. The molecule has 1 rings (SSSR count). The molecule has 0 aliphatic heterocycles. The zero-order chi connectivity index (χ0) is 10.6. The van der Waals surface area contributed by atoms with Gasteiger partial charge in [-0.2, -0.15) is 5.26 Å². The van der Waals surface area contributed by atoms with Crippen molar-refractivity contribution in [1.29, 1.82) is 5.26 Å². The Morgan fingerprint density at radius 2 is 2.00 bits per heavy atom. The maximum atomic E-state index is 12.9. The van der Waals surface area contributed by atoms with Crippen LogP contribution in [0.25, 0.3) is 0 Å². The van der Waals surface area contributed by atoms with Crippen LogP contribution in [0.5, 0.6) is 0 Å². The lowest BCUT2D eigenvalue weighted by atomic mass is 10.2. The number of rotatable bonds is 3. The molecule has 0 amide bonds. The summed E-state index contributed by atoms with van der Waals surface area (Å²) in [6, 6.07) is 3.12. The molecular formula is C9H7F3N2. The highest BCUT2D eigenvalue weighted by atomic mass is 19.2. The third kappa shape index (κ3) is 2.39. The van der Waals surface area contributed by atoms with Crippen molar-refractivity contribution < 1.29 is 13.2 Å². The van der Waals surface area contributed by atoms with E-state index in [2.05, 4.69) is 5.32 Å². The van der Waals surface area contributed by atoms with Gasteiger partial charge >= 0.3 is 0 Å². The average molecular weight is 200 g/mol. The van der Waals surface area contributed by atoms with Crippen molar-refractivity contribution in [2.75, 3.05) is 11.9 Å². The lowest BCUT2D eigenvalue weighted by Gasteiger charge is -2.05. The number of anilines is 1. The van der Waals surface area contributed by atoms with Crippen LogP contribution in [0.15, 0.2) is 12.1 Å². The van der Waals surface area contributed by atoms with Gasteiger partial charge in [-0.1, -0.05) is 0 Å². The van der Waals surface area contributed by atoms with Crippen molar-refractivity contribution in [3.05, 3.63) is 29.6 Å². The lowest BCUT2D eigenvalue weighted by molar-refractivity contribution is 0.497. The first kappa shape index (κ1) is 10.4. The van der Waals surface area contributed by atoms with E-state index in [-0.39, 0.29) is 18.7 Å². The SMILES string of the molecule is N#CCCNc1cc(F)cc(F)c1F. The Bertz CT molecular complexity index is 371. The summed E-state index contributed by atoms with van der Waals surface area (Å²) >= 11 is 0. The zero-order valence-corrected chi connectivity index (χ0v) is 7.15. The Morgan fingerprint density at radius 3 is 2.64 bits per heavy atom. The largest absolute Gasteiger partial charge is 0.381 e. The number of hydrogen-bond acceptors (Lipinski definition) is 2. The Hall–Kier alpha value is -1.70. The molecule has 0 unspecified atom stereocenters. The number of hydrogen-bond donors (Lipinski definition) is 1. The van der Waals surface area contributed by atoms with E-state index in [1.54, 1.807) is 0 Å². The molecule has 0 atom stereocenters. The smallest absolute Gasteiger partial charge is 0.182 e. The van der Waals surface area contributed by atoms with Crippen LogP contribution in [0.3, 0.4) is 0 Å². The maximum Gasteiger partial charge on any atom is 0.182 e. The predicted molar refractivity (Wildman–Crippen MR) is 45.0 cm³/mol. The van der Waals surface area contributed by atoms with E-state index in [1.165, 1.54) is 0 Å². The Balaban J connectivity index is 2.81. The van der Waals surface area contributed by atoms with Crippen molar-refractivity contribution in [2.24, 2.45) is 0 Å². The van der Waals surface area contributed by atoms with Crippen molar-refractivity contribution in [3.63, 3.8) is 0 Å². The van der Waals surface area contributed by atoms with Crippen molar-refractivity contribution in [1.82, 2.24) is 0 Å². The normalized spacial score (nSPS) is 9.57. The van der Waals surface area contributed by atoms with E-state index in [9.17, 15) is 13.2 Å². The summed E-state index contributed by atoms with van der Waals surface area (Å²) in [5, 5.41) is 10.6. The van der Waals surface area contributed by atoms with Crippen molar-refractivity contribution in [2.45, 2.75) is 6.42 Å². The molecule has 0 saturated carbocycles. The van der Waals surface area contributed by atoms with E-state index in [0.29, 0.717) is 6.07 Å². The average Bonchev–Trinajstić information content (AvgIpc) is 2.13. The first-order chi connectivity index (χ1) is 6.65. The Kier molecular flexibility index (Phi) is 3.35. The maximum absolute atomic E-state index is 12.9.